The Labute approximate surface area is 111 Å². The normalized spacial score (nSPS) is 13.1. The van der Waals surface area contributed by atoms with Crippen molar-refractivity contribution in [3.63, 3.8) is 0 Å². The molecule has 0 bridgehead atoms. The zero-order valence-corrected chi connectivity index (χ0v) is 11.5. The van der Waals surface area contributed by atoms with E-state index in [1.807, 2.05) is 17.6 Å². The van der Waals surface area contributed by atoms with E-state index in [4.69, 9.17) is 5.73 Å². The fraction of sp³-hybridized carbons (Fsp3) is 0.462. The average molecular weight is 267 g/mol. The first-order valence-electron chi connectivity index (χ1n) is 6.08. The van der Waals surface area contributed by atoms with Crippen LogP contribution in [0.15, 0.2) is 18.2 Å². The highest BCUT2D eigenvalue weighted by molar-refractivity contribution is 7.98. The Balaban J connectivity index is 2.46. The van der Waals surface area contributed by atoms with Gasteiger partial charge in [-0.1, -0.05) is 6.07 Å². The van der Waals surface area contributed by atoms with Crippen LogP contribution in [0.1, 0.15) is 25.2 Å². The molecule has 0 radical (unpaired) electrons. The minimum Gasteiger partial charge on any atom is -0.327 e. The standard InChI is InChI=1S/C13H18FN3S/c1-3-17-11-6-4-5-9(14)12(11)16-13(17)10(15)7-8-18-2/h4-6,10H,3,7-8,15H2,1-2H3. The first-order chi connectivity index (χ1) is 8.69. The molecule has 0 aliphatic heterocycles. The van der Waals surface area contributed by atoms with Crippen molar-refractivity contribution in [3.05, 3.63) is 29.8 Å². The lowest BCUT2D eigenvalue weighted by atomic mass is 10.2. The maximum absolute atomic E-state index is 13.7. The number of thioether (sulfide) groups is 1. The first kappa shape index (κ1) is 13.4. The quantitative estimate of drug-likeness (QED) is 0.905. The van der Waals surface area contributed by atoms with Gasteiger partial charge in [-0.05, 0) is 37.5 Å². The van der Waals surface area contributed by atoms with Crippen molar-refractivity contribution in [2.75, 3.05) is 12.0 Å². The van der Waals surface area contributed by atoms with Gasteiger partial charge in [0.15, 0.2) is 5.82 Å². The van der Waals surface area contributed by atoms with Crippen molar-refractivity contribution in [1.82, 2.24) is 9.55 Å². The molecule has 0 amide bonds. The molecule has 1 heterocycles. The molecule has 0 saturated heterocycles. The maximum atomic E-state index is 13.7. The van der Waals surface area contributed by atoms with E-state index in [2.05, 4.69) is 11.2 Å². The summed E-state index contributed by atoms with van der Waals surface area (Å²) in [6, 6.07) is 4.90. The minimum absolute atomic E-state index is 0.135. The number of aromatic nitrogens is 2. The molecule has 18 heavy (non-hydrogen) atoms. The molecule has 0 spiro atoms. The van der Waals surface area contributed by atoms with Crippen molar-refractivity contribution >= 4 is 22.8 Å². The molecule has 0 aliphatic rings. The number of fused-ring (bicyclic) bond motifs is 1. The highest BCUT2D eigenvalue weighted by atomic mass is 32.2. The molecule has 98 valence electrons. The number of hydrogen-bond acceptors (Lipinski definition) is 3. The van der Waals surface area contributed by atoms with E-state index >= 15 is 0 Å². The van der Waals surface area contributed by atoms with Crippen LogP contribution in [-0.2, 0) is 6.54 Å². The zero-order chi connectivity index (χ0) is 13.1. The number of halogens is 1. The third-order valence-electron chi connectivity index (χ3n) is 3.04. The van der Waals surface area contributed by atoms with E-state index in [0.717, 1.165) is 30.1 Å². The molecule has 1 atom stereocenters. The lowest BCUT2D eigenvalue weighted by molar-refractivity contribution is 0.600. The number of imidazole rings is 1. The van der Waals surface area contributed by atoms with E-state index < -0.39 is 0 Å². The monoisotopic (exact) mass is 267 g/mol. The summed E-state index contributed by atoms with van der Waals surface area (Å²) in [6.45, 7) is 2.78. The molecule has 1 aromatic carbocycles. The largest absolute Gasteiger partial charge is 0.327 e. The summed E-state index contributed by atoms with van der Waals surface area (Å²) < 4.78 is 15.7. The topological polar surface area (TPSA) is 43.8 Å². The maximum Gasteiger partial charge on any atom is 0.151 e. The van der Waals surface area contributed by atoms with Crippen LogP contribution in [0.2, 0.25) is 0 Å². The van der Waals surface area contributed by atoms with E-state index in [0.29, 0.717) is 5.52 Å². The van der Waals surface area contributed by atoms with Gasteiger partial charge in [0.05, 0.1) is 11.6 Å². The molecule has 2 rings (SSSR count). The van der Waals surface area contributed by atoms with Gasteiger partial charge in [0.25, 0.3) is 0 Å². The predicted octanol–water partition coefficient (Wildman–Crippen LogP) is 2.95. The fourth-order valence-electron chi connectivity index (χ4n) is 2.12. The van der Waals surface area contributed by atoms with Crippen LogP contribution < -0.4 is 5.73 Å². The second-order valence-corrected chi connectivity index (χ2v) is 5.20. The zero-order valence-electron chi connectivity index (χ0n) is 10.7. The minimum atomic E-state index is -0.280. The Morgan fingerprint density at radius 1 is 1.50 bits per heavy atom. The van der Waals surface area contributed by atoms with Gasteiger partial charge >= 0.3 is 0 Å². The average Bonchev–Trinajstić information content (AvgIpc) is 2.76. The molecular formula is C13H18FN3S. The molecule has 2 N–H and O–H groups in total. The summed E-state index contributed by atoms with van der Waals surface area (Å²) in [5, 5.41) is 0. The van der Waals surface area contributed by atoms with Crippen LogP contribution in [0.5, 0.6) is 0 Å². The summed E-state index contributed by atoms with van der Waals surface area (Å²) in [5.74, 6) is 1.49. The number of nitrogens with two attached hydrogens (primary N) is 1. The van der Waals surface area contributed by atoms with Crippen molar-refractivity contribution in [2.24, 2.45) is 5.73 Å². The van der Waals surface area contributed by atoms with Gasteiger partial charge in [-0.2, -0.15) is 11.8 Å². The lowest BCUT2D eigenvalue weighted by Gasteiger charge is -2.12. The van der Waals surface area contributed by atoms with Gasteiger partial charge in [0, 0.05) is 6.54 Å². The fourth-order valence-corrected chi connectivity index (χ4v) is 2.61. The molecule has 0 saturated carbocycles. The van der Waals surface area contributed by atoms with Gasteiger partial charge in [0.2, 0.25) is 0 Å². The number of nitrogens with zero attached hydrogens (tertiary/aromatic N) is 2. The molecule has 3 nitrogen and oxygen atoms in total. The summed E-state index contributed by atoms with van der Waals surface area (Å²) >= 11 is 1.76. The SMILES string of the molecule is CCn1c(C(N)CCSC)nc2c(F)cccc21. The van der Waals surface area contributed by atoms with Crippen molar-refractivity contribution in [3.8, 4) is 0 Å². The van der Waals surface area contributed by atoms with E-state index in [1.165, 1.54) is 6.07 Å². The van der Waals surface area contributed by atoms with Gasteiger partial charge in [0.1, 0.15) is 11.3 Å². The third-order valence-corrected chi connectivity index (χ3v) is 3.68. The van der Waals surface area contributed by atoms with E-state index in [9.17, 15) is 4.39 Å². The Morgan fingerprint density at radius 2 is 2.28 bits per heavy atom. The summed E-state index contributed by atoms with van der Waals surface area (Å²) in [6.07, 6.45) is 2.90. The Kier molecular flexibility index (Phi) is 4.24. The van der Waals surface area contributed by atoms with Gasteiger partial charge in [-0.15, -0.1) is 0 Å². The van der Waals surface area contributed by atoms with Crippen LogP contribution in [0.4, 0.5) is 4.39 Å². The number of aryl methyl sites for hydroxylation is 1. The molecular weight excluding hydrogens is 249 g/mol. The van der Waals surface area contributed by atoms with Gasteiger partial charge in [-0.25, -0.2) is 9.37 Å². The van der Waals surface area contributed by atoms with E-state index in [1.54, 1.807) is 17.8 Å². The number of hydrogen-bond donors (Lipinski definition) is 1. The summed E-state index contributed by atoms with van der Waals surface area (Å²) in [5.41, 5.74) is 7.40. The van der Waals surface area contributed by atoms with Crippen LogP contribution in [0.25, 0.3) is 11.0 Å². The molecule has 5 heteroatoms. The third kappa shape index (κ3) is 2.37. The summed E-state index contributed by atoms with van der Waals surface area (Å²) in [7, 11) is 0. The van der Waals surface area contributed by atoms with Gasteiger partial charge < -0.3 is 10.3 Å². The second kappa shape index (κ2) is 5.71. The lowest BCUT2D eigenvalue weighted by Crippen LogP contribution is -2.17. The van der Waals surface area contributed by atoms with E-state index in [-0.39, 0.29) is 11.9 Å². The van der Waals surface area contributed by atoms with Gasteiger partial charge in [-0.3, -0.25) is 0 Å². The highest BCUT2D eigenvalue weighted by Gasteiger charge is 2.17. The summed E-state index contributed by atoms with van der Waals surface area (Å²) in [4.78, 5) is 4.39. The Hall–Kier alpha value is -1.07. The number of para-hydroxylation sites is 1. The Morgan fingerprint density at radius 3 is 2.94 bits per heavy atom. The molecule has 0 fully saturated rings. The second-order valence-electron chi connectivity index (χ2n) is 4.21. The van der Waals surface area contributed by atoms with Crippen LogP contribution >= 0.6 is 11.8 Å². The number of benzene rings is 1. The molecule has 2 aromatic rings. The van der Waals surface area contributed by atoms with Crippen molar-refractivity contribution in [1.29, 1.82) is 0 Å². The number of rotatable bonds is 5. The molecule has 1 unspecified atom stereocenters. The van der Waals surface area contributed by atoms with Crippen LogP contribution in [0.3, 0.4) is 0 Å². The predicted molar refractivity (Wildman–Crippen MR) is 75.3 cm³/mol. The Bertz CT molecular complexity index is 538. The molecule has 0 aliphatic carbocycles. The van der Waals surface area contributed by atoms with Crippen molar-refractivity contribution in [2.45, 2.75) is 25.9 Å². The van der Waals surface area contributed by atoms with Crippen LogP contribution in [0, 0.1) is 5.82 Å². The molecule has 1 aromatic heterocycles. The van der Waals surface area contributed by atoms with Crippen molar-refractivity contribution < 1.29 is 4.39 Å². The first-order valence-corrected chi connectivity index (χ1v) is 7.47. The van der Waals surface area contributed by atoms with Crippen LogP contribution in [-0.4, -0.2) is 21.6 Å². The highest BCUT2D eigenvalue weighted by Crippen LogP contribution is 2.24. The smallest absolute Gasteiger partial charge is 0.151 e.